The Morgan fingerprint density at radius 2 is 2.00 bits per heavy atom. The summed E-state index contributed by atoms with van der Waals surface area (Å²) in [5.74, 6) is 1.24. The monoisotopic (exact) mass is 428 g/mol. The lowest BCUT2D eigenvalue weighted by Gasteiger charge is -2.12. The molecule has 27 heavy (non-hydrogen) atoms. The molecule has 0 fully saturated rings. The van der Waals surface area contributed by atoms with Crippen LogP contribution in [0, 0.1) is 0 Å². The van der Waals surface area contributed by atoms with Gasteiger partial charge in [-0.05, 0) is 36.8 Å². The molecule has 0 saturated heterocycles. The van der Waals surface area contributed by atoms with Crippen LogP contribution < -0.4 is 20.3 Å². The fourth-order valence-electron chi connectivity index (χ4n) is 2.05. The summed E-state index contributed by atoms with van der Waals surface area (Å²) in [7, 11) is 1.51. The maximum Gasteiger partial charge on any atom is 0.269 e. The predicted molar refractivity (Wildman–Crippen MR) is 110 cm³/mol. The second-order valence-corrected chi connectivity index (χ2v) is 8.20. The summed E-state index contributed by atoms with van der Waals surface area (Å²) in [5.41, 5.74) is 5.16. The molecule has 0 saturated carbocycles. The molecule has 2 amide bonds. The first kappa shape index (κ1) is 21.4. The summed E-state index contributed by atoms with van der Waals surface area (Å²) >= 11 is 8.79. The molecule has 2 aromatic rings. The second-order valence-electron chi connectivity index (χ2n) is 5.42. The first-order chi connectivity index (χ1) is 13.0. The van der Waals surface area contributed by atoms with Gasteiger partial charge in [0.1, 0.15) is 0 Å². The smallest absolute Gasteiger partial charge is 0.269 e. The van der Waals surface area contributed by atoms with E-state index in [1.165, 1.54) is 30.2 Å². The lowest BCUT2D eigenvalue weighted by Crippen LogP contribution is -2.42. The molecule has 6 nitrogen and oxygen atoms in total. The zero-order chi connectivity index (χ0) is 19.6. The fraction of sp³-hybridized carbons (Fsp3) is 0.333. The number of benzene rings is 1. The van der Waals surface area contributed by atoms with E-state index >= 15 is 0 Å². The summed E-state index contributed by atoms with van der Waals surface area (Å²) in [6.45, 7) is 2.57. The van der Waals surface area contributed by atoms with Crippen LogP contribution in [0.5, 0.6) is 11.5 Å². The number of methoxy groups -OCH3 is 1. The average molecular weight is 429 g/mol. The van der Waals surface area contributed by atoms with Gasteiger partial charge in [-0.1, -0.05) is 18.5 Å². The van der Waals surface area contributed by atoms with Gasteiger partial charge < -0.3 is 9.47 Å². The van der Waals surface area contributed by atoms with Crippen LogP contribution in [0.1, 0.15) is 28.6 Å². The van der Waals surface area contributed by atoms with Gasteiger partial charge >= 0.3 is 0 Å². The van der Waals surface area contributed by atoms with Crippen molar-refractivity contribution in [3.05, 3.63) is 45.1 Å². The van der Waals surface area contributed by atoms with Gasteiger partial charge in [0.25, 0.3) is 5.91 Å². The van der Waals surface area contributed by atoms with Gasteiger partial charge in [-0.2, -0.15) is 0 Å². The lowest BCUT2D eigenvalue weighted by atomic mass is 10.2. The van der Waals surface area contributed by atoms with E-state index in [0.29, 0.717) is 29.4 Å². The highest BCUT2D eigenvalue weighted by molar-refractivity contribution is 7.99. The summed E-state index contributed by atoms with van der Waals surface area (Å²) in [5, 5.41) is 0. The van der Waals surface area contributed by atoms with Crippen LogP contribution in [-0.4, -0.2) is 31.3 Å². The van der Waals surface area contributed by atoms with Crippen molar-refractivity contribution in [2.45, 2.75) is 19.1 Å². The molecule has 0 spiro atoms. The zero-order valence-corrected chi connectivity index (χ0v) is 17.4. The number of rotatable bonds is 9. The van der Waals surface area contributed by atoms with E-state index in [1.807, 2.05) is 19.1 Å². The second kappa shape index (κ2) is 11.1. The molecule has 1 heterocycles. The number of hydrazine groups is 1. The van der Waals surface area contributed by atoms with Gasteiger partial charge in [0.05, 0.1) is 23.8 Å². The van der Waals surface area contributed by atoms with Gasteiger partial charge in [-0.15, -0.1) is 23.1 Å². The number of ether oxygens (including phenoxy) is 2. The quantitative estimate of drug-likeness (QED) is 0.592. The molecule has 9 heteroatoms. The third-order valence-corrected chi connectivity index (χ3v) is 5.70. The van der Waals surface area contributed by atoms with Crippen molar-refractivity contribution >= 4 is 46.5 Å². The minimum Gasteiger partial charge on any atom is -0.493 e. The van der Waals surface area contributed by atoms with Gasteiger partial charge in [0.2, 0.25) is 5.91 Å². The Hall–Kier alpha value is -1.90. The number of halogens is 1. The fourth-order valence-corrected chi connectivity index (χ4v) is 4.07. The largest absolute Gasteiger partial charge is 0.493 e. The van der Waals surface area contributed by atoms with Crippen molar-refractivity contribution in [1.82, 2.24) is 10.9 Å². The molecule has 146 valence electrons. The molecule has 0 unspecified atom stereocenters. The number of hydrogen-bond acceptors (Lipinski definition) is 6. The Morgan fingerprint density at radius 3 is 2.67 bits per heavy atom. The lowest BCUT2D eigenvalue weighted by molar-refractivity contribution is -0.119. The highest BCUT2D eigenvalue weighted by atomic mass is 35.5. The molecule has 0 radical (unpaired) electrons. The topological polar surface area (TPSA) is 76.7 Å². The van der Waals surface area contributed by atoms with Crippen LogP contribution in [0.25, 0.3) is 0 Å². The standard InChI is InChI=1S/C18H21ClN2O4S2/c1-3-8-25-14-6-4-12(9-15(14)24-2)18(23)21-20-17(22)11-26-10-13-5-7-16(19)27-13/h4-7,9H,3,8,10-11H2,1-2H3,(H,20,22)(H,21,23). The highest BCUT2D eigenvalue weighted by Gasteiger charge is 2.12. The van der Waals surface area contributed by atoms with Crippen molar-refractivity contribution in [3.8, 4) is 11.5 Å². The summed E-state index contributed by atoms with van der Waals surface area (Å²) < 4.78 is 11.5. The Kier molecular flexibility index (Phi) is 8.77. The highest BCUT2D eigenvalue weighted by Crippen LogP contribution is 2.28. The molecule has 0 bridgehead atoms. The molecule has 1 aromatic heterocycles. The Labute approximate surface area is 171 Å². The minimum absolute atomic E-state index is 0.225. The third kappa shape index (κ3) is 6.97. The van der Waals surface area contributed by atoms with E-state index in [4.69, 9.17) is 21.1 Å². The molecule has 0 atom stereocenters. The van der Waals surface area contributed by atoms with E-state index in [0.717, 1.165) is 15.6 Å². The van der Waals surface area contributed by atoms with E-state index in [9.17, 15) is 9.59 Å². The molecular formula is C18H21ClN2O4S2. The van der Waals surface area contributed by atoms with E-state index in [2.05, 4.69) is 10.9 Å². The number of thioether (sulfide) groups is 1. The summed E-state index contributed by atoms with van der Waals surface area (Å²) in [6.07, 6.45) is 0.870. The van der Waals surface area contributed by atoms with E-state index in [1.54, 1.807) is 18.2 Å². The molecule has 2 N–H and O–H groups in total. The zero-order valence-electron chi connectivity index (χ0n) is 15.0. The maximum absolute atomic E-state index is 12.2. The van der Waals surface area contributed by atoms with Crippen LogP contribution in [0.15, 0.2) is 30.3 Å². The van der Waals surface area contributed by atoms with Crippen LogP contribution >= 0.6 is 34.7 Å². The van der Waals surface area contributed by atoms with Crippen LogP contribution in [0.4, 0.5) is 0 Å². The van der Waals surface area contributed by atoms with Crippen LogP contribution in [0.2, 0.25) is 4.34 Å². The summed E-state index contributed by atoms with van der Waals surface area (Å²) in [6, 6.07) is 8.62. The Morgan fingerprint density at radius 1 is 1.19 bits per heavy atom. The Bertz CT molecular complexity index is 782. The van der Waals surface area contributed by atoms with E-state index < -0.39 is 5.91 Å². The van der Waals surface area contributed by atoms with Gasteiger partial charge in [-0.25, -0.2) is 0 Å². The molecular weight excluding hydrogens is 408 g/mol. The van der Waals surface area contributed by atoms with Crippen LogP contribution in [-0.2, 0) is 10.5 Å². The maximum atomic E-state index is 12.2. The first-order valence-electron chi connectivity index (χ1n) is 8.25. The molecule has 0 aliphatic rings. The van der Waals surface area contributed by atoms with E-state index in [-0.39, 0.29) is 11.7 Å². The third-order valence-electron chi connectivity index (χ3n) is 3.31. The van der Waals surface area contributed by atoms with Crippen molar-refractivity contribution in [1.29, 1.82) is 0 Å². The van der Waals surface area contributed by atoms with Crippen molar-refractivity contribution in [2.24, 2.45) is 0 Å². The molecule has 1 aromatic carbocycles. The number of carbonyl (C=O) groups excluding carboxylic acids is 2. The van der Waals surface area contributed by atoms with Crippen molar-refractivity contribution in [3.63, 3.8) is 0 Å². The number of carbonyl (C=O) groups is 2. The number of thiophene rings is 1. The van der Waals surface area contributed by atoms with Gasteiger partial charge in [-0.3, -0.25) is 20.4 Å². The molecule has 0 aliphatic carbocycles. The average Bonchev–Trinajstić information content (AvgIpc) is 3.09. The van der Waals surface area contributed by atoms with Crippen LogP contribution in [0.3, 0.4) is 0 Å². The van der Waals surface area contributed by atoms with Crippen molar-refractivity contribution in [2.75, 3.05) is 19.5 Å². The molecule has 0 aliphatic heterocycles. The first-order valence-corrected chi connectivity index (χ1v) is 10.6. The Balaban J connectivity index is 1.79. The SMILES string of the molecule is CCCOc1ccc(C(=O)NNC(=O)CSCc2ccc(Cl)s2)cc1OC. The normalized spacial score (nSPS) is 10.3. The molecule has 2 rings (SSSR count). The van der Waals surface area contributed by atoms with Gasteiger partial charge in [0, 0.05) is 16.2 Å². The van der Waals surface area contributed by atoms with Crippen molar-refractivity contribution < 1.29 is 19.1 Å². The van der Waals surface area contributed by atoms with Gasteiger partial charge in [0.15, 0.2) is 11.5 Å². The number of amides is 2. The predicted octanol–water partition coefficient (Wildman–Crippen LogP) is 3.89. The number of hydrogen-bond donors (Lipinski definition) is 2. The number of nitrogens with one attached hydrogen (secondary N) is 2. The minimum atomic E-state index is -0.432. The summed E-state index contributed by atoms with van der Waals surface area (Å²) in [4.78, 5) is 25.2.